The van der Waals surface area contributed by atoms with Gasteiger partial charge < -0.3 is 4.90 Å². The topological polar surface area (TPSA) is 35.9 Å². The van der Waals surface area contributed by atoms with Crippen molar-refractivity contribution in [2.24, 2.45) is 4.99 Å². The molecule has 1 saturated carbocycles. The van der Waals surface area contributed by atoms with Gasteiger partial charge in [0.25, 0.3) is 5.91 Å². The molecule has 0 radical (unpaired) electrons. The van der Waals surface area contributed by atoms with E-state index >= 15 is 0 Å². The number of fused-ring (bicyclic) bond motifs is 1. The molecule has 4 nitrogen and oxygen atoms in total. The summed E-state index contributed by atoms with van der Waals surface area (Å²) >= 11 is 9.41. The zero-order chi connectivity index (χ0) is 22.2. The number of hydrogen-bond acceptors (Lipinski definition) is 5. The summed E-state index contributed by atoms with van der Waals surface area (Å²) in [5.74, 6) is 0.0918. The summed E-state index contributed by atoms with van der Waals surface area (Å²) in [7, 11) is 2.01. The van der Waals surface area contributed by atoms with E-state index in [0.29, 0.717) is 5.02 Å². The molecular formula is C25H26ClN3OS2. The third kappa shape index (κ3) is 4.09. The van der Waals surface area contributed by atoms with E-state index in [1.807, 2.05) is 48.3 Å². The van der Waals surface area contributed by atoms with Crippen LogP contribution in [0.5, 0.6) is 0 Å². The number of amidine groups is 1. The van der Waals surface area contributed by atoms with Crippen molar-refractivity contribution in [2.45, 2.75) is 56.0 Å². The van der Waals surface area contributed by atoms with Crippen molar-refractivity contribution >= 4 is 51.9 Å². The summed E-state index contributed by atoms with van der Waals surface area (Å²) in [5.41, 5.74) is 2.21. The maximum atomic E-state index is 13.8. The van der Waals surface area contributed by atoms with Crippen LogP contribution in [0.4, 0.5) is 5.69 Å². The van der Waals surface area contributed by atoms with E-state index in [4.69, 9.17) is 16.6 Å². The van der Waals surface area contributed by atoms with E-state index in [1.54, 1.807) is 11.8 Å². The van der Waals surface area contributed by atoms with Crippen LogP contribution in [0.3, 0.4) is 0 Å². The van der Waals surface area contributed by atoms with Crippen LogP contribution in [-0.4, -0.2) is 29.1 Å². The molecule has 5 rings (SSSR count). The second-order valence-electron chi connectivity index (χ2n) is 8.47. The highest BCUT2D eigenvalue weighted by Gasteiger charge is 2.42. The van der Waals surface area contributed by atoms with Crippen LogP contribution in [0.1, 0.15) is 50.6 Å². The average Bonchev–Trinajstić information content (AvgIpc) is 3.31. The normalized spacial score (nSPS) is 23.8. The van der Waals surface area contributed by atoms with Crippen molar-refractivity contribution in [2.75, 3.05) is 11.9 Å². The Kier molecular flexibility index (Phi) is 6.28. The molecule has 1 saturated heterocycles. The van der Waals surface area contributed by atoms with Crippen molar-refractivity contribution in [1.29, 1.82) is 0 Å². The van der Waals surface area contributed by atoms with Crippen molar-refractivity contribution in [1.82, 2.24) is 4.90 Å². The second kappa shape index (κ2) is 9.16. The van der Waals surface area contributed by atoms with Crippen molar-refractivity contribution in [3.8, 4) is 0 Å². The van der Waals surface area contributed by atoms with Crippen LogP contribution < -0.4 is 4.90 Å². The average molecular weight is 484 g/mol. The molecule has 0 unspecified atom stereocenters. The van der Waals surface area contributed by atoms with E-state index in [-0.39, 0.29) is 18.0 Å². The molecular weight excluding hydrogens is 458 g/mol. The van der Waals surface area contributed by atoms with Gasteiger partial charge in [0.1, 0.15) is 4.91 Å². The molecule has 1 aliphatic carbocycles. The monoisotopic (exact) mass is 483 g/mol. The number of carbonyl (C=O) groups is 1. The zero-order valence-corrected chi connectivity index (χ0v) is 20.6. The van der Waals surface area contributed by atoms with Crippen LogP contribution in [0.15, 0.2) is 68.4 Å². The largest absolute Gasteiger partial charge is 0.337 e. The minimum atomic E-state index is -0.00750. The third-order valence-corrected chi connectivity index (χ3v) is 8.98. The Labute approximate surface area is 203 Å². The fraction of sp³-hybridized carbons (Fsp3) is 0.360. The van der Waals surface area contributed by atoms with Gasteiger partial charge in [-0.1, -0.05) is 73.0 Å². The van der Waals surface area contributed by atoms with E-state index in [1.165, 1.54) is 31.0 Å². The predicted octanol–water partition coefficient (Wildman–Crippen LogP) is 7.08. The summed E-state index contributed by atoms with van der Waals surface area (Å²) in [4.78, 5) is 24.8. The minimum absolute atomic E-state index is 0.00750. The molecule has 32 heavy (non-hydrogen) atoms. The van der Waals surface area contributed by atoms with Crippen LogP contribution >= 0.6 is 35.1 Å². The van der Waals surface area contributed by atoms with Gasteiger partial charge in [0.15, 0.2) is 5.17 Å². The maximum absolute atomic E-state index is 13.8. The minimum Gasteiger partial charge on any atom is -0.337 e. The lowest BCUT2D eigenvalue weighted by Crippen LogP contribution is -2.40. The first-order valence-electron chi connectivity index (χ1n) is 11.1. The SMILES string of the molecule is C[C@H](N=C1S/C(=C2\Sc3ccc(Cl)cc3N2C)C(=O)N1C1CCCCC1)c1ccccc1. The number of anilines is 1. The maximum Gasteiger partial charge on any atom is 0.269 e. The van der Waals surface area contributed by atoms with Gasteiger partial charge in [-0.2, -0.15) is 0 Å². The second-order valence-corrected chi connectivity index (χ2v) is 10.9. The molecule has 2 aromatic rings. The fourth-order valence-electron chi connectivity index (χ4n) is 4.56. The van der Waals surface area contributed by atoms with Crippen LogP contribution in [0, 0.1) is 0 Å². The van der Waals surface area contributed by atoms with E-state index in [2.05, 4.69) is 24.0 Å². The number of aliphatic imine (C=N–C) groups is 1. The van der Waals surface area contributed by atoms with Crippen LogP contribution in [0.2, 0.25) is 5.02 Å². The van der Waals surface area contributed by atoms with Gasteiger partial charge in [0.05, 0.1) is 16.8 Å². The van der Waals surface area contributed by atoms with E-state index < -0.39 is 0 Å². The highest BCUT2D eigenvalue weighted by atomic mass is 35.5. The summed E-state index contributed by atoms with van der Waals surface area (Å²) in [6.07, 6.45) is 5.69. The van der Waals surface area contributed by atoms with Crippen molar-refractivity contribution in [3.63, 3.8) is 0 Å². The molecule has 1 atom stereocenters. The van der Waals surface area contributed by atoms with Gasteiger partial charge in [0.2, 0.25) is 0 Å². The molecule has 2 aliphatic heterocycles. The van der Waals surface area contributed by atoms with Gasteiger partial charge in [0, 0.05) is 23.0 Å². The summed E-state index contributed by atoms with van der Waals surface area (Å²) in [6.45, 7) is 2.10. The highest BCUT2D eigenvalue weighted by Crippen LogP contribution is 2.51. The molecule has 7 heteroatoms. The quantitative estimate of drug-likeness (QED) is 0.437. The first-order chi connectivity index (χ1) is 15.5. The number of thioether (sulfide) groups is 2. The lowest BCUT2D eigenvalue weighted by molar-refractivity contribution is -0.124. The number of rotatable bonds is 3. The Morgan fingerprint density at radius 3 is 2.56 bits per heavy atom. The molecule has 2 heterocycles. The number of benzene rings is 2. The molecule has 2 aromatic carbocycles. The van der Waals surface area contributed by atoms with Crippen LogP contribution in [0.25, 0.3) is 0 Å². The third-order valence-electron chi connectivity index (χ3n) is 6.33. The Morgan fingerprint density at radius 2 is 1.81 bits per heavy atom. The number of nitrogens with zero attached hydrogens (tertiary/aromatic N) is 3. The number of carbonyl (C=O) groups excluding carboxylic acids is 1. The molecule has 3 aliphatic rings. The highest BCUT2D eigenvalue weighted by molar-refractivity contribution is 8.19. The molecule has 0 N–H and O–H groups in total. The number of halogens is 1. The van der Waals surface area contributed by atoms with Gasteiger partial charge in [-0.15, -0.1) is 0 Å². The first kappa shape index (κ1) is 21.9. The molecule has 0 aromatic heterocycles. The first-order valence-corrected chi connectivity index (χ1v) is 13.1. The lowest BCUT2D eigenvalue weighted by atomic mass is 9.94. The summed E-state index contributed by atoms with van der Waals surface area (Å²) in [6, 6.07) is 16.4. The van der Waals surface area contributed by atoms with Gasteiger partial charge in [-0.25, -0.2) is 0 Å². The van der Waals surface area contributed by atoms with Crippen molar-refractivity contribution in [3.05, 3.63) is 69.1 Å². The number of hydrogen-bond donors (Lipinski definition) is 0. The molecule has 0 bridgehead atoms. The van der Waals surface area contributed by atoms with Gasteiger partial charge in [-0.05, 0) is 55.3 Å². The van der Waals surface area contributed by atoms with E-state index in [9.17, 15) is 4.79 Å². The van der Waals surface area contributed by atoms with Gasteiger partial charge in [-0.3, -0.25) is 14.7 Å². The lowest BCUT2D eigenvalue weighted by Gasteiger charge is -2.30. The molecule has 0 spiro atoms. The Balaban J connectivity index is 1.53. The molecule has 2 fully saturated rings. The van der Waals surface area contributed by atoms with Crippen molar-refractivity contribution < 1.29 is 4.79 Å². The zero-order valence-electron chi connectivity index (χ0n) is 18.3. The Morgan fingerprint density at radius 1 is 1.06 bits per heavy atom. The molecule has 166 valence electrons. The standard InChI is InChI=1S/C25H26ClN3OS2/c1-16(17-9-5-3-6-10-17)27-25-29(19-11-7-4-8-12-19)23(30)22(32-25)24-28(2)20-15-18(26)13-14-21(20)31-24/h3,5-6,9-10,13-16,19H,4,7-8,11-12H2,1-2H3/b24-22-,27-25?/t16-/m0/s1. The fourth-order valence-corrected chi connectivity index (χ4v) is 7.17. The Hall–Kier alpha value is -1.89. The Bertz CT molecular complexity index is 1100. The summed E-state index contributed by atoms with van der Waals surface area (Å²) < 4.78 is 0. The van der Waals surface area contributed by atoms with Gasteiger partial charge >= 0.3 is 0 Å². The van der Waals surface area contributed by atoms with E-state index in [0.717, 1.165) is 44.1 Å². The molecule has 1 amide bonds. The van der Waals surface area contributed by atoms with Crippen LogP contribution in [-0.2, 0) is 4.79 Å². The smallest absolute Gasteiger partial charge is 0.269 e. The summed E-state index contributed by atoms with van der Waals surface area (Å²) in [5, 5.41) is 2.51. The number of amides is 1. The predicted molar refractivity (Wildman–Crippen MR) is 136 cm³/mol.